The summed E-state index contributed by atoms with van der Waals surface area (Å²) in [7, 11) is 2.03. The molecule has 3 aromatic carbocycles. The summed E-state index contributed by atoms with van der Waals surface area (Å²) in [5, 5.41) is 10.5. The molecule has 0 saturated carbocycles. The van der Waals surface area contributed by atoms with Gasteiger partial charge in [0, 0.05) is 42.6 Å². The van der Waals surface area contributed by atoms with E-state index in [1.54, 1.807) is 6.92 Å². The van der Waals surface area contributed by atoms with Gasteiger partial charge in [-0.25, -0.2) is 0 Å². The monoisotopic (exact) mass is 440 g/mol. The highest BCUT2D eigenvalue weighted by Gasteiger charge is 2.25. The number of rotatable bonds is 6. The molecule has 1 aliphatic rings. The van der Waals surface area contributed by atoms with E-state index >= 15 is 0 Å². The van der Waals surface area contributed by atoms with Gasteiger partial charge in [0.05, 0.1) is 11.6 Å². The highest BCUT2D eigenvalue weighted by molar-refractivity contribution is 5.88. The van der Waals surface area contributed by atoms with Gasteiger partial charge in [0.15, 0.2) is 0 Å². The number of benzene rings is 3. The summed E-state index contributed by atoms with van der Waals surface area (Å²) < 4.78 is 8.64. The van der Waals surface area contributed by atoms with Crippen LogP contribution in [0.3, 0.4) is 0 Å². The van der Waals surface area contributed by atoms with E-state index < -0.39 is 11.9 Å². The number of aliphatic carboxylic acids is 1. The molecule has 0 radical (unpaired) electrons. The molecular formula is C28H28N2O3. The summed E-state index contributed by atoms with van der Waals surface area (Å²) in [6, 6.07) is 20.8. The summed E-state index contributed by atoms with van der Waals surface area (Å²) in [5.41, 5.74) is 13.7. The van der Waals surface area contributed by atoms with Crippen molar-refractivity contribution in [2.75, 3.05) is 5.73 Å². The van der Waals surface area contributed by atoms with E-state index in [4.69, 9.17) is 10.5 Å². The third kappa shape index (κ3) is 4.07. The molecule has 5 rings (SSSR count). The second kappa shape index (κ2) is 8.32. The molecule has 0 amide bonds. The van der Waals surface area contributed by atoms with Gasteiger partial charge in [-0.1, -0.05) is 37.3 Å². The smallest absolute Gasteiger partial charge is 0.306 e. The Labute approximate surface area is 193 Å². The first-order valence-corrected chi connectivity index (χ1v) is 11.3. The van der Waals surface area contributed by atoms with Crippen LogP contribution in [0.2, 0.25) is 0 Å². The molecule has 1 aromatic heterocycles. The lowest BCUT2D eigenvalue weighted by Crippen LogP contribution is -2.18. The van der Waals surface area contributed by atoms with E-state index in [2.05, 4.69) is 53.1 Å². The SMILES string of the molecule is CC(Cc1cc(N)c(OC2Cc3ccccc3C2)c(-c2ccc3c(ccn3C)c2)c1)C(=O)O. The van der Waals surface area contributed by atoms with Gasteiger partial charge in [-0.2, -0.15) is 0 Å². The average molecular weight is 441 g/mol. The Morgan fingerprint density at radius 1 is 1.12 bits per heavy atom. The fraction of sp³-hybridized carbons (Fsp3) is 0.250. The number of nitrogens with zero attached hydrogens (tertiary/aromatic N) is 1. The van der Waals surface area contributed by atoms with E-state index in [1.807, 2.05) is 25.4 Å². The third-order valence-electron chi connectivity index (χ3n) is 6.64. The van der Waals surface area contributed by atoms with Crippen LogP contribution in [0.5, 0.6) is 5.75 Å². The van der Waals surface area contributed by atoms with Crippen LogP contribution in [-0.4, -0.2) is 21.7 Å². The maximum absolute atomic E-state index is 11.4. The first kappa shape index (κ1) is 21.1. The number of nitrogen functional groups attached to an aromatic ring is 1. The number of ether oxygens (including phenoxy) is 1. The van der Waals surface area contributed by atoms with Crippen molar-refractivity contribution in [3.05, 3.63) is 83.6 Å². The van der Waals surface area contributed by atoms with Crippen molar-refractivity contribution in [1.82, 2.24) is 4.57 Å². The molecule has 4 aromatic rings. The quantitative estimate of drug-likeness (QED) is 0.402. The normalized spacial score (nSPS) is 14.4. The first-order chi connectivity index (χ1) is 15.9. The average Bonchev–Trinajstić information content (AvgIpc) is 3.37. The Kier molecular flexibility index (Phi) is 5.33. The van der Waals surface area contributed by atoms with Crippen molar-refractivity contribution in [1.29, 1.82) is 0 Å². The van der Waals surface area contributed by atoms with Crippen molar-refractivity contribution in [3.8, 4) is 16.9 Å². The molecule has 33 heavy (non-hydrogen) atoms. The number of carboxylic acids is 1. The maximum atomic E-state index is 11.4. The first-order valence-electron chi connectivity index (χ1n) is 11.3. The predicted octanol–water partition coefficient (Wildman–Crippen LogP) is 5.24. The molecule has 1 heterocycles. The van der Waals surface area contributed by atoms with Gasteiger partial charge in [0.1, 0.15) is 11.9 Å². The number of carboxylic acid groups (broad SMARTS) is 1. The molecule has 1 atom stereocenters. The van der Waals surface area contributed by atoms with Gasteiger partial charge >= 0.3 is 5.97 Å². The Hall–Kier alpha value is -3.73. The molecule has 0 fully saturated rings. The second-order valence-corrected chi connectivity index (χ2v) is 9.12. The number of carbonyl (C=O) groups is 1. The topological polar surface area (TPSA) is 77.5 Å². The summed E-state index contributed by atoms with van der Waals surface area (Å²) in [5.74, 6) is -0.635. The minimum absolute atomic E-state index is 0.0210. The van der Waals surface area contributed by atoms with Crippen molar-refractivity contribution >= 4 is 22.6 Å². The molecule has 3 N–H and O–H groups in total. The summed E-state index contributed by atoms with van der Waals surface area (Å²) >= 11 is 0. The molecular weight excluding hydrogens is 412 g/mol. The van der Waals surface area contributed by atoms with Crippen LogP contribution in [0.25, 0.3) is 22.0 Å². The number of hydrogen-bond acceptors (Lipinski definition) is 3. The molecule has 5 nitrogen and oxygen atoms in total. The van der Waals surface area contributed by atoms with Gasteiger partial charge in [0.25, 0.3) is 0 Å². The van der Waals surface area contributed by atoms with Crippen LogP contribution in [-0.2, 0) is 31.1 Å². The zero-order valence-corrected chi connectivity index (χ0v) is 18.9. The maximum Gasteiger partial charge on any atom is 0.306 e. The van der Waals surface area contributed by atoms with E-state index in [0.29, 0.717) is 17.9 Å². The summed E-state index contributed by atoms with van der Waals surface area (Å²) in [6.45, 7) is 1.72. The largest absolute Gasteiger partial charge is 0.487 e. The van der Waals surface area contributed by atoms with E-state index in [-0.39, 0.29) is 6.10 Å². The molecule has 1 unspecified atom stereocenters. The predicted molar refractivity (Wildman–Crippen MR) is 132 cm³/mol. The fourth-order valence-corrected chi connectivity index (χ4v) is 4.84. The number of aromatic nitrogens is 1. The molecule has 0 aliphatic heterocycles. The molecule has 0 spiro atoms. The van der Waals surface area contributed by atoms with Crippen molar-refractivity contribution in [2.45, 2.75) is 32.3 Å². The molecule has 5 heteroatoms. The summed E-state index contributed by atoms with van der Waals surface area (Å²) in [4.78, 5) is 11.4. The third-order valence-corrected chi connectivity index (χ3v) is 6.64. The lowest BCUT2D eigenvalue weighted by Gasteiger charge is -2.21. The minimum Gasteiger partial charge on any atom is -0.487 e. The number of fused-ring (bicyclic) bond motifs is 2. The van der Waals surface area contributed by atoms with Crippen LogP contribution in [0.4, 0.5) is 5.69 Å². The second-order valence-electron chi connectivity index (χ2n) is 9.12. The standard InChI is InChI=1S/C28H28N2O3/c1-17(28(31)32)11-18-12-24(21-7-8-26-22(14-21)9-10-30(26)2)27(25(29)13-18)33-23-15-19-5-3-4-6-20(19)16-23/h3-10,12-14,17,23H,11,15-16,29H2,1-2H3,(H,31,32). The molecule has 0 bridgehead atoms. The Morgan fingerprint density at radius 2 is 1.85 bits per heavy atom. The van der Waals surface area contributed by atoms with Gasteiger partial charge in [-0.15, -0.1) is 0 Å². The highest BCUT2D eigenvalue weighted by Crippen LogP contribution is 2.40. The zero-order chi connectivity index (χ0) is 23.1. The Balaban J connectivity index is 1.55. The van der Waals surface area contributed by atoms with Crippen LogP contribution in [0, 0.1) is 5.92 Å². The fourth-order valence-electron chi connectivity index (χ4n) is 4.84. The van der Waals surface area contributed by atoms with Crippen molar-refractivity contribution in [2.24, 2.45) is 13.0 Å². The number of anilines is 1. The van der Waals surface area contributed by atoms with Crippen LogP contribution in [0.1, 0.15) is 23.6 Å². The van der Waals surface area contributed by atoms with Gasteiger partial charge in [0.2, 0.25) is 0 Å². The minimum atomic E-state index is -0.815. The summed E-state index contributed by atoms with van der Waals surface area (Å²) in [6.07, 6.45) is 4.18. The lowest BCUT2D eigenvalue weighted by molar-refractivity contribution is -0.141. The highest BCUT2D eigenvalue weighted by atomic mass is 16.5. The van der Waals surface area contributed by atoms with Crippen molar-refractivity contribution in [3.63, 3.8) is 0 Å². The van der Waals surface area contributed by atoms with Crippen LogP contribution in [0.15, 0.2) is 66.9 Å². The Bertz CT molecular complexity index is 1330. The van der Waals surface area contributed by atoms with Gasteiger partial charge < -0.3 is 20.1 Å². The molecule has 0 saturated heterocycles. The van der Waals surface area contributed by atoms with Crippen LogP contribution < -0.4 is 10.5 Å². The van der Waals surface area contributed by atoms with Crippen molar-refractivity contribution < 1.29 is 14.6 Å². The molecule has 168 valence electrons. The number of nitrogens with two attached hydrogens (primary N) is 1. The Morgan fingerprint density at radius 3 is 2.55 bits per heavy atom. The van der Waals surface area contributed by atoms with Crippen LogP contribution >= 0.6 is 0 Å². The zero-order valence-electron chi connectivity index (χ0n) is 18.9. The molecule has 1 aliphatic carbocycles. The van der Waals surface area contributed by atoms with Gasteiger partial charge in [-0.05, 0) is 59.0 Å². The lowest BCUT2D eigenvalue weighted by atomic mass is 9.95. The number of aryl methyl sites for hydroxylation is 1. The van der Waals surface area contributed by atoms with E-state index in [0.717, 1.165) is 40.4 Å². The van der Waals surface area contributed by atoms with E-state index in [1.165, 1.54) is 11.1 Å². The van der Waals surface area contributed by atoms with Gasteiger partial charge in [-0.3, -0.25) is 4.79 Å². The number of hydrogen-bond donors (Lipinski definition) is 2. The van der Waals surface area contributed by atoms with E-state index in [9.17, 15) is 9.90 Å².